The molecular formula is C23H33N5O3. The van der Waals surface area contributed by atoms with E-state index in [-0.39, 0.29) is 12.5 Å². The zero-order chi connectivity index (χ0) is 21.9. The number of benzene rings is 1. The molecule has 0 saturated carbocycles. The second kappa shape index (κ2) is 12.0. The monoisotopic (exact) mass is 427 g/mol. The summed E-state index contributed by atoms with van der Waals surface area (Å²) in [6, 6.07) is 11.8. The van der Waals surface area contributed by atoms with E-state index in [2.05, 4.69) is 56.9 Å². The van der Waals surface area contributed by atoms with Crippen LogP contribution in [-0.2, 0) is 11.3 Å². The van der Waals surface area contributed by atoms with Crippen LogP contribution in [-0.4, -0.2) is 62.7 Å². The third kappa shape index (κ3) is 7.97. The van der Waals surface area contributed by atoms with Crippen LogP contribution in [0.3, 0.4) is 0 Å². The van der Waals surface area contributed by atoms with Crippen molar-refractivity contribution in [1.29, 1.82) is 0 Å². The molecule has 1 aromatic heterocycles. The zero-order valence-corrected chi connectivity index (χ0v) is 18.2. The van der Waals surface area contributed by atoms with E-state index in [9.17, 15) is 9.59 Å². The van der Waals surface area contributed by atoms with Gasteiger partial charge < -0.3 is 25.3 Å². The lowest BCUT2D eigenvalue weighted by Crippen LogP contribution is -2.46. The molecule has 8 heteroatoms. The smallest absolute Gasteiger partial charge is 0.315 e. The highest BCUT2D eigenvalue weighted by Crippen LogP contribution is 2.17. The van der Waals surface area contributed by atoms with Gasteiger partial charge in [-0.05, 0) is 56.1 Å². The topological polar surface area (TPSA) is 89.9 Å². The minimum Gasteiger partial charge on any atom is -0.467 e. The molecule has 0 atom stereocenters. The third-order valence-corrected chi connectivity index (χ3v) is 5.38. The van der Waals surface area contributed by atoms with Crippen molar-refractivity contribution in [3.63, 3.8) is 0 Å². The normalized spacial score (nSPS) is 14.3. The van der Waals surface area contributed by atoms with Crippen molar-refractivity contribution in [3.8, 4) is 0 Å². The molecule has 168 valence electrons. The van der Waals surface area contributed by atoms with Crippen LogP contribution in [0, 0.1) is 6.92 Å². The van der Waals surface area contributed by atoms with Crippen LogP contribution in [0.25, 0.3) is 0 Å². The van der Waals surface area contributed by atoms with Crippen LogP contribution in [0.5, 0.6) is 0 Å². The van der Waals surface area contributed by atoms with E-state index in [1.807, 2.05) is 0 Å². The van der Waals surface area contributed by atoms with E-state index < -0.39 is 6.03 Å². The SMILES string of the molecule is Cc1cccc(N2CCN(CCCCNC(=O)CNC(=O)NCc3ccco3)CC2)c1. The first-order valence-electron chi connectivity index (χ1n) is 10.9. The van der Waals surface area contributed by atoms with Crippen LogP contribution in [0.2, 0.25) is 0 Å². The van der Waals surface area contributed by atoms with Crippen LogP contribution in [0.15, 0.2) is 47.1 Å². The second-order valence-corrected chi connectivity index (χ2v) is 7.84. The molecule has 2 heterocycles. The fourth-order valence-electron chi connectivity index (χ4n) is 3.61. The Kier molecular flexibility index (Phi) is 8.78. The molecule has 0 radical (unpaired) electrons. The number of unbranched alkanes of at least 4 members (excludes halogenated alkanes) is 1. The number of piperazine rings is 1. The first-order valence-corrected chi connectivity index (χ1v) is 10.9. The van der Waals surface area contributed by atoms with Crippen molar-refractivity contribution in [3.05, 3.63) is 54.0 Å². The van der Waals surface area contributed by atoms with Crippen molar-refractivity contribution in [2.45, 2.75) is 26.3 Å². The average molecular weight is 428 g/mol. The van der Waals surface area contributed by atoms with Gasteiger partial charge in [-0.25, -0.2) is 4.79 Å². The number of hydrogen-bond donors (Lipinski definition) is 3. The number of amides is 3. The molecule has 1 aliphatic heterocycles. The van der Waals surface area contributed by atoms with Gasteiger partial charge in [-0.15, -0.1) is 0 Å². The largest absolute Gasteiger partial charge is 0.467 e. The number of hydrogen-bond acceptors (Lipinski definition) is 5. The van der Waals surface area contributed by atoms with Gasteiger partial charge in [0.1, 0.15) is 5.76 Å². The maximum atomic E-state index is 11.9. The average Bonchev–Trinajstić information content (AvgIpc) is 3.30. The summed E-state index contributed by atoms with van der Waals surface area (Å²) in [7, 11) is 0. The number of nitrogens with one attached hydrogen (secondary N) is 3. The number of aryl methyl sites for hydroxylation is 1. The van der Waals surface area contributed by atoms with E-state index in [1.165, 1.54) is 11.3 Å². The molecule has 31 heavy (non-hydrogen) atoms. The van der Waals surface area contributed by atoms with Gasteiger partial charge in [0.25, 0.3) is 0 Å². The van der Waals surface area contributed by atoms with Gasteiger partial charge in [-0.3, -0.25) is 9.69 Å². The summed E-state index contributed by atoms with van der Waals surface area (Å²) < 4.78 is 5.13. The molecule has 3 rings (SSSR count). The summed E-state index contributed by atoms with van der Waals surface area (Å²) >= 11 is 0. The van der Waals surface area contributed by atoms with Crippen molar-refractivity contribution in [2.24, 2.45) is 0 Å². The number of nitrogens with zero attached hydrogens (tertiary/aromatic N) is 2. The molecule has 8 nitrogen and oxygen atoms in total. The Morgan fingerprint density at radius 3 is 2.58 bits per heavy atom. The summed E-state index contributed by atoms with van der Waals surface area (Å²) in [6.07, 6.45) is 3.52. The quantitative estimate of drug-likeness (QED) is 0.506. The molecule has 2 aromatic rings. The molecule has 0 spiro atoms. The number of furan rings is 1. The number of urea groups is 1. The van der Waals surface area contributed by atoms with Gasteiger partial charge in [-0.2, -0.15) is 0 Å². The highest BCUT2D eigenvalue weighted by molar-refractivity contribution is 5.83. The molecule has 1 saturated heterocycles. The predicted molar refractivity (Wildman–Crippen MR) is 121 cm³/mol. The van der Waals surface area contributed by atoms with E-state index in [0.717, 1.165) is 45.6 Å². The van der Waals surface area contributed by atoms with E-state index >= 15 is 0 Å². The summed E-state index contributed by atoms with van der Waals surface area (Å²) in [5.41, 5.74) is 2.61. The molecule has 1 aliphatic rings. The molecular weight excluding hydrogens is 394 g/mol. The standard InChI is InChI=1S/C23H33N5O3/c1-19-6-4-7-20(16-19)28-13-11-27(12-14-28)10-3-2-9-24-22(29)18-26-23(30)25-17-21-8-5-15-31-21/h4-8,15-16H,2-3,9-14,17-18H2,1H3,(H,24,29)(H2,25,26,30). The van der Waals surface area contributed by atoms with E-state index in [1.54, 1.807) is 18.4 Å². The number of carbonyl (C=O) groups is 2. The minimum absolute atomic E-state index is 0.0368. The summed E-state index contributed by atoms with van der Waals surface area (Å²) in [5, 5.41) is 8.03. The number of anilines is 1. The summed E-state index contributed by atoms with van der Waals surface area (Å²) in [4.78, 5) is 28.5. The first-order chi connectivity index (χ1) is 15.1. The fraction of sp³-hybridized carbons (Fsp3) is 0.478. The number of carbonyl (C=O) groups excluding carboxylic acids is 2. The van der Waals surface area contributed by atoms with Crippen LogP contribution >= 0.6 is 0 Å². The maximum Gasteiger partial charge on any atom is 0.315 e. The van der Waals surface area contributed by atoms with Crippen molar-refractivity contribution in [2.75, 3.05) is 50.7 Å². The van der Waals surface area contributed by atoms with Crippen LogP contribution in [0.4, 0.5) is 10.5 Å². The predicted octanol–water partition coefficient (Wildman–Crippen LogP) is 2.11. The Hall–Kier alpha value is -3.00. The molecule has 1 aromatic carbocycles. The van der Waals surface area contributed by atoms with Gasteiger partial charge in [0.2, 0.25) is 5.91 Å². The highest BCUT2D eigenvalue weighted by atomic mass is 16.3. The third-order valence-electron chi connectivity index (χ3n) is 5.38. The maximum absolute atomic E-state index is 11.9. The van der Waals surface area contributed by atoms with Crippen molar-refractivity contribution in [1.82, 2.24) is 20.9 Å². The number of rotatable bonds is 10. The van der Waals surface area contributed by atoms with E-state index in [4.69, 9.17) is 4.42 Å². The fourth-order valence-corrected chi connectivity index (χ4v) is 3.61. The molecule has 0 bridgehead atoms. The molecule has 0 unspecified atom stereocenters. The lowest BCUT2D eigenvalue weighted by Gasteiger charge is -2.36. The lowest BCUT2D eigenvalue weighted by molar-refractivity contribution is -0.120. The van der Waals surface area contributed by atoms with E-state index in [0.29, 0.717) is 18.8 Å². The summed E-state index contributed by atoms with van der Waals surface area (Å²) in [6.45, 7) is 8.29. The Morgan fingerprint density at radius 1 is 1.00 bits per heavy atom. The zero-order valence-electron chi connectivity index (χ0n) is 18.2. The van der Waals surface area contributed by atoms with Gasteiger partial charge in [0.05, 0.1) is 19.4 Å². The molecule has 3 N–H and O–H groups in total. The van der Waals surface area contributed by atoms with Crippen molar-refractivity contribution < 1.29 is 14.0 Å². The minimum atomic E-state index is -0.392. The lowest BCUT2D eigenvalue weighted by atomic mass is 10.2. The van der Waals surface area contributed by atoms with Gasteiger partial charge in [0.15, 0.2) is 0 Å². The first kappa shape index (κ1) is 22.7. The molecule has 3 amide bonds. The summed E-state index contributed by atoms with van der Waals surface area (Å²) in [5.74, 6) is 0.482. The highest BCUT2D eigenvalue weighted by Gasteiger charge is 2.16. The van der Waals surface area contributed by atoms with Gasteiger partial charge in [-0.1, -0.05) is 12.1 Å². The Balaban J connectivity index is 1.19. The molecule has 1 fully saturated rings. The van der Waals surface area contributed by atoms with Crippen LogP contribution in [0.1, 0.15) is 24.2 Å². The molecule has 0 aliphatic carbocycles. The Labute approximate surface area is 184 Å². The second-order valence-electron chi connectivity index (χ2n) is 7.84. The van der Waals surface area contributed by atoms with Crippen molar-refractivity contribution >= 4 is 17.6 Å². The Bertz CT molecular complexity index is 816. The van der Waals surface area contributed by atoms with Crippen LogP contribution < -0.4 is 20.9 Å². The van der Waals surface area contributed by atoms with Gasteiger partial charge >= 0.3 is 6.03 Å². The Morgan fingerprint density at radius 2 is 1.84 bits per heavy atom. The van der Waals surface area contributed by atoms with Gasteiger partial charge in [0, 0.05) is 38.4 Å².